The largest absolute Gasteiger partial charge is 0.496 e. The molecule has 3 atom stereocenters. The van der Waals surface area contributed by atoms with Gasteiger partial charge in [-0.05, 0) is 18.6 Å². The lowest BCUT2D eigenvalue weighted by atomic mass is 9.97. The van der Waals surface area contributed by atoms with Crippen molar-refractivity contribution in [3.8, 4) is 23.5 Å². The first-order chi connectivity index (χ1) is 14.9. The third kappa shape index (κ3) is 4.54. The monoisotopic (exact) mass is 429 g/mol. The van der Waals surface area contributed by atoms with Gasteiger partial charge < -0.3 is 25.3 Å². The second kappa shape index (κ2) is 9.62. The lowest BCUT2D eigenvalue weighted by Gasteiger charge is -2.19. The topological polar surface area (TPSA) is 113 Å². The first-order valence-corrected chi connectivity index (χ1v) is 9.76. The number of pyridine rings is 1. The first kappa shape index (κ1) is 22.3. The number of hydrogen-bond donors (Lipinski definition) is 2. The number of benzene rings is 1. The number of ether oxygens (including phenoxy) is 3. The zero-order valence-corrected chi connectivity index (χ0v) is 17.5. The summed E-state index contributed by atoms with van der Waals surface area (Å²) in [4.78, 5) is 27.9. The van der Waals surface area contributed by atoms with Gasteiger partial charge in [-0.3, -0.25) is 9.59 Å². The number of fused-ring (bicyclic) bond motifs is 1. The highest BCUT2D eigenvalue weighted by Gasteiger charge is 2.41. The van der Waals surface area contributed by atoms with E-state index in [2.05, 4.69) is 22.1 Å². The number of primary amides is 1. The van der Waals surface area contributed by atoms with Crippen LogP contribution < -0.4 is 20.5 Å². The Balaban J connectivity index is 2.02. The zero-order chi connectivity index (χ0) is 22.5. The second-order valence-corrected chi connectivity index (χ2v) is 7.07. The van der Waals surface area contributed by atoms with Gasteiger partial charge in [0.1, 0.15) is 19.0 Å². The molecular weight excluding hydrogens is 405 g/mol. The van der Waals surface area contributed by atoms with E-state index >= 15 is 0 Å². The SMILES string of the molecule is CC[C@@H]1[C@H](F)C(=O)N[C@@H]1COc1ncc(C#CCOC)c2cc(C(N)=O)c(OC)cc12. The molecule has 31 heavy (non-hydrogen) atoms. The number of methoxy groups -OCH3 is 2. The molecule has 0 saturated carbocycles. The van der Waals surface area contributed by atoms with E-state index in [1.54, 1.807) is 12.1 Å². The molecule has 0 unspecified atom stereocenters. The maximum absolute atomic E-state index is 14.1. The van der Waals surface area contributed by atoms with Gasteiger partial charge in [-0.2, -0.15) is 0 Å². The Kier molecular flexibility index (Phi) is 6.92. The van der Waals surface area contributed by atoms with Gasteiger partial charge in [0.25, 0.3) is 11.8 Å². The fraction of sp³-hybridized carbons (Fsp3) is 0.409. The van der Waals surface area contributed by atoms with Crippen LogP contribution in [0.2, 0.25) is 0 Å². The minimum atomic E-state index is -1.56. The summed E-state index contributed by atoms with van der Waals surface area (Å²) in [6, 6.07) is 2.70. The van der Waals surface area contributed by atoms with Crippen LogP contribution in [-0.2, 0) is 9.53 Å². The zero-order valence-electron chi connectivity index (χ0n) is 17.5. The number of carbonyl (C=O) groups excluding carboxylic acids is 2. The van der Waals surface area contributed by atoms with E-state index < -0.39 is 29.9 Å². The van der Waals surface area contributed by atoms with Gasteiger partial charge in [0.05, 0.1) is 24.3 Å². The summed E-state index contributed by atoms with van der Waals surface area (Å²) in [7, 11) is 2.95. The number of nitrogens with one attached hydrogen (secondary N) is 1. The molecular formula is C22H24FN3O5. The Hall–Kier alpha value is -3.38. The van der Waals surface area contributed by atoms with Crippen molar-refractivity contribution in [2.75, 3.05) is 27.4 Å². The number of aromatic nitrogens is 1. The van der Waals surface area contributed by atoms with Crippen molar-refractivity contribution in [3.63, 3.8) is 0 Å². The van der Waals surface area contributed by atoms with Crippen molar-refractivity contribution < 1.29 is 28.2 Å². The summed E-state index contributed by atoms with van der Waals surface area (Å²) in [6.07, 6.45) is 0.450. The summed E-state index contributed by atoms with van der Waals surface area (Å²) in [6.45, 7) is 2.09. The van der Waals surface area contributed by atoms with E-state index in [1.165, 1.54) is 20.4 Å². The maximum atomic E-state index is 14.1. The summed E-state index contributed by atoms with van der Waals surface area (Å²) in [5.74, 6) is 4.55. The number of carbonyl (C=O) groups is 2. The number of halogens is 1. The molecule has 0 bridgehead atoms. The quantitative estimate of drug-likeness (QED) is 0.647. The molecule has 1 fully saturated rings. The van der Waals surface area contributed by atoms with Gasteiger partial charge >= 0.3 is 0 Å². The van der Waals surface area contributed by atoms with E-state index in [0.29, 0.717) is 22.8 Å². The summed E-state index contributed by atoms with van der Waals surface area (Å²) >= 11 is 0. The minimum Gasteiger partial charge on any atom is -0.496 e. The number of amides is 2. The van der Waals surface area contributed by atoms with Crippen LogP contribution in [0, 0.1) is 17.8 Å². The minimum absolute atomic E-state index is 0.0430. The Morgan fingerprint density at radius 1 is 1.32 bits per heavy atom. The number of hydrogen-bond acceptors (Lipinski definition) is 6. The molecule has 1 aliphatic heterocycles. The predicted molar refractivity (Wildman–Crippen MR) is 112 cm³/mol. The fourth-order valence-corrected chi connectivity index (χ4v) is 3.61. The van der Waals surface area contributed by atoms with Crippen molar-refractivity contribution in [2.45, 2.75) is 25.6 Å². The van der Waals surface area contributed by atoms with Gasteiger partial charge in [0.15, 0.2) is 6.17 Å². The van der Waals surface area contributed by atoms with Crippen LogP contribution in [0.3, 0.4) is 0 Å². The highest BCUT2D eigenvalue weighted by molar-refractivity contribution is 6.03. The van der Waals surface area contributed by atoms with Crippen LogP contribution in [0.4, 0.5) is 4.39 Å². The molecule has 3 rings (SSSR count). The van der Waals surface area contributed by atoms with Crippen molar-refractivity contribution >= 4 is 22.6 Å². The number of rotatable bonds is 7. The Morgan fingerprint density at radius 3 is 2.74 bits per heavy atom. The molecule has 2 heterocycles. The molecule has 0 radical (unpaired) electrons. The lowest BCUT2D eigenvalue weighted by molar-refractivity contribution is -0.123. The molecule has 0 aliphatic carbocycles. The normalized spacial score (nSPS) is 20.1. The van der Waals surface area contributed by atoms with E-state index in [1.807, 2.05) is 6.92 Å². The smallest absolute Gasteiger partial charge is 0.255 e. The number of alkyl halides is 1. The molecule has 2 aromatic rings. The third-order valence-electron chi connectivity index (χ3n) is 5.22. The van der Waals surface area contributed by atoms with Crippen molar-refractivity contribution in [2.24, 2.45) is 11.7 Å². The third-order valence-corrected chi connectivity index (χ3v) is 5.22. The van der Waals surface area contributed by atoms with Gasteiger partial charge in [-0.25, -0.2) is 9.37 Å². The fourth-order valence-electron chi connectivity index (χ4n) is 3.61. The van der Waals surface area contributed by atoms with Gasteiger partial charge in [0, 0.05) is 30.0 Å². The molecule has 2 amide bonds. The highest BCUT2D eigenvalue weighted by atomic mass is 19.1. The number of nitrogens with two attached hydrogens (primary N) is 1. The standard InChI is InChI=1S/C22H24FN3O5/c1-4-13-17(26-21(28)19(13)23)11-31-22-15-9-18(30-3)16(20(24)27)8-14(15)12(10-25-22)6-5-7-29-2/h8-10,13,17,19H,4,7,11H2,1-3H3,(H2,24,27)(H,26,28)/t13-,17+,19-/m0/s1. The lowest BCUT2D eigenvalue weighted by Crippen LogP contribution is -2.34. The van der Waals surface area contributed by atoms with Crippen molar-refractivity contribution in [1.82, 2.24) is 10.3 Å². The molecule has 3 N–H and O–H groups in total. The molecule has 9 heteroatoms. The van der Waals surface area contributed by atoms with Crippen LogP contribution in [-0.4, -0.2) is 56.4 Å². The predicted octanol–water partition coefficient (Wildman–Crippen LogP) is 1.58. The average Bonchev–Trinajstić information content (AvgIpc) is 3.04. The van der Waals surface area contributed by atoms with Crippen molar-refractivity contribution in [1.29, 1.82) is 0 Å². The van der Waals surface area contributed by atoms with E-state index in [-0.39, 0.29) is 30.4 Å². The van der Waals surface area contributed by atoms with Crippen LogP contribution in [0.1, 0.15) is 29.3 Å². The maximum Gasteiger partial charge on any atom is 0.255 e. The molecule has 1 saturated heterocycles. The van der Waals surface area contributed by atoms with E-state index in [0.717, 1.165) is 0 Å². The Morgan fingerprint density at radius 2 is 2.10 bits per heavy atom. The first-order valence-electron chi connectivity index (χ1n) is 9.76. The van der Waals surface area contributed by atoms with E-state index in [9.17, 15) is 14.0 Å². The number of nitrogens with zero attached hydrogens (tertiary/aromatic N) is 1. The summed E-state index contributed by atoms with van der Waals surface area (Å²) < 4.78 is 30.2. The van der Waals surface area contributed by atoms with Crippen molar-refractivity contribution in [3.05, 3.63) is 29.5 Å². The molecule has 1 aliphatic rings. The molecule has 1 aromatic carbocycles. The summed E-state index contributed by atoms with van der Waals surface area (Å²) in [5.41, 5.74) is 6.23. The average molecular weight is 429 g/mol. The van der Waals surface area contributed by atoms with E-state index in [4.69, 9.17) is 19.9 Å². The Bertz CT molecular complexity index is 1060. The highest BCUT2D eigenvalue weighted by Crippen LogP contribution is 2.33. The van der Waals surface area contributed by atoms with Gasteiger partial charge in [0.2, 0.25) is 5.88 Å². The Labute approximate surface area is 179 Å². The van der Waals surface area contributed by atoms with Crippen LogP contribution in [0.15, 0.2) is 18.3 Å². The van der Waals surface area contributed by atoms with Gasteiger partial charge in [-0.1, -0.05) is 18.8 Å². The van der Waals surface area contributed by atoms with Crippen LogP contribution >= 0.6 is 0 Å². The van der Waals surface area contributed by atoms with Crippen LogP contribution in [0.5, 0.6) is 11.6 Å². The second-order valence-electron chi connectivity index (χ2n) is 7.07. The molecule has 164 valence electrons. The summed E-state index contributed by atoms with van der Waals surface area (Å²) in [5, 5.41) is 3.76. The van der Waals surface area contributed by atoms with Gasteiger partial charge in [-0.15, -0.1) is 0 Å². The van der Waals surface area contributed by atoms with Crippen LogP contribution in [0.25, 0.3) is 10.8 Å². The molecule has 0 spiro atoms. The molecule has 8 nitrogen and oxygen atoms in total. The molecule has 1 aromatic heterocycles.